The lowest BCUT2D eigenvalue weighted by molar-refractivity contribution is 0.549. The number of fused-ring (bicyclic) bond motifs is 1. The van der Waals surface area contributed by atoms with E-state index in [1.807, 2.05) is 0 Å². The predicted molar refractivity (Wildman–Crippen MR) is 77.8 cm³/mol. The van der Waals surface area contributed by atoms with Crippen LogP contribution < -0.4 is 4.72 Å². The number of thiazole rings is 1. The van der Waals surface area contributed by atoms with Crippen LogP contribution in [0.5, 0.6) is 0 Å². The van der Waals surface area contributed by atoms with E-state index < -0.39 is 16.1 Å². The van der Waals surface area contributed by atoms with Crippen molar-refractivity contribution >= 4 is 37.9 Å². The molecule has 0 spiro atoms. The number of nitrogens with one attached hydrogen (secondary N) is 1. The zero-order chi connectivity index (χ0) is 15.2. The number of nitrogens with zero attached hydrogens (tertiary/aromatic N) is 5. The molecule has 3 rings (SSSR count). The summed E-state index contributed by atoms with van der Waals surface area (Å²) in [7, 11) is -2.10. The van der Waals surface area contributed by atoms with Crippen molar-refractivity contribution < 1.29 is 8.42 Å². The van der Waals surface area contributed by atoms with E-state index in [1.165, 1.54) is 22.1 Å². The second kappa shape index (κ2) is 5.05. The molecular formula is C10H11ClN6O2S2. The predicted octanol–water partition coefficient (Wildman–Crippen LogP) is 1.22. The first-order valence-electron chi connectivity index (χ1n) is 5.87. The van der Waals surface area contributed by atoms with Crippen LogP contribution in [0.15, 0.2) is 22.9 Å². The minimum Gasteiger partial charge on any atom is -0.319 e. The Morgan fingerprint density at radius 1 is 1.48 bits per heavy atom. The van der Waals surface area contributed by atoms with Crippen molar-refractivity contribution in [3.05, 3.63) is 28.9 Å². The molecule has 0 aliphatic heterocycles. The summed E-state index contributed by atoms with van der Waals surface area (Å²) >= 11 is 7.26. The average Bonchev–Trinajstić information content (AvgIpc) is 3.03. The van der Waals surface area contributed by atoms with Crippen molar-refractivity contribution in [2.75, 3.05) is 0 Å². The van der Waals surface area contributed by atoms with Gasteiger partial charge in [0.2, 0.25) is 0 Å². The van der Waals surface area contributed by atoms with Crippen LogP contribution in [0.2, 0.25) is 5.15 Å². The van der Waals surface area contributed by atoms with Crippen LogP contribution in [-0.4, -0.2) is 32.6 Å². The van der Waals surface area contributed by atoms with Crippen LogP contribution in [0.3, 0.4) is 0 Å². The monoisotopic (exact) mass is 346 g/mol. The number of aromatic nitrogens is 5. The highest BCUT2D eigenvalue weighted by Crippen LogP contribution is 2.26. The molecule has 3 aromatic rings. The van der Waals surface area contributed by atoms with Gasteiger partial charge in [0.05, 0.1) is 6.04 Å². The summed E-state index contributed by atoms with van der Waals surface area (Å²) in [6.07, 6.45) is 3.11. The first kappa shape index (κ1) is 14.4. The first-order chi connectivity index (χ1) is 9.90. The van der Waals surface area contributed by atoms with E-state index in [0.29, 0.717) is 10.8 Å². The fraction of sp³-hybridized carbons (Fsp3) is 0.300. The molecule has 1 N–H and O–H groups in total. The molecule has 0 aromatic carbocycles. The van der Waals surface area contributed by atoms with Gasteiger partial charge < -0.3 is 4.57 Å². The van der Waals surface area contributed by atoms with Crippen LogP contribution in [0, 0.1) is 0 Å². The fourth-order valence-electron chi connectivity index (χ4n) is 2.00. The molecular weight excluding hydrogens is 336 g/mol. The number of rotatable bonds is 4. The third-order valence-electron chi connectivity index (χ3n) is 2.90. The van der Waals surface area contributed by atoms with Gasteiger partial charge >= 0.3 is 0 Å². The lowest BCUT2D eigenvalue weighted by atomic mass is 10.3. The van der Waals surface area contributed by atoms with Gasteiger partial charge in [0.25, 0.3) is 10.0 Å². The van der Waals surface area contributed by atoms with E-state index in [9.17, 15) is 8.42 Å². The van der Waals surface area contributed by atoms with Gasteiger partial charge in [-0.05, 0) is 6.92 Å². The smallest absolute Gasteiger partial charge is 0.260 e. The Labute approximate surface area is 129 Å². The molecule has 112 valence electrons. The first-order valence-corrected chi connectivity index (χ1v) is 8.61. The molecule has 1 atom stereocenters. The maximum Gasteiger partial charge on any atom is 0.260 e. The minimum atomic E-state index is -3.84. The number of imidazole rings is 1. The molecule has 0 fully saturated rings. The molecule has 0 radical (unpaired) electrons. The molecule has 21 heavy (non-hydrogen) atoms. The van der Waals surface area contributed by atoms with Gasteiger partial charge in [0, 0.05) is 18.6 Å². The molecule has 0 aliphatic carbocycles. The normalized spacial score (nSPS) is 13.9. The van der Waals surface area contributed by atoms with Crippen LogP contribution in [-0.2, 0) is 17.1 Å². The Hall–Kier alpha value is -1.49. The van der Waals surface area contributed by atoms with E-state index in [4.69, 9.17) is 11.6 Å². The molecule has 0 saturated heterocycles. The number of hydrogen-bond acceptors (Lipinski definition) is 6. The zero-order valence-corrected chi connectivity index (χ0v) is 13.4. The van der Waals surface area contributed by atoms with Crippen LogP contribution in [0.25, 0.3) is 4.96 Å². The number of halogens is 1. The number of aryl methyl sites for hydroxylation is 1. The van der Waals surface area contributed by atoms with Crippen molar-refractivity contribution in [2.24, 2.45) is 7.05 Å². The van der Waals surface area contributed by atoms with Gasteiger partial charge in [-0.2, -0.15) is 4.72 Å². The lowest BCUT2D eigenvalue weighted by Gasteiger charge is -2.13. The molecule has 0 aliphatic rings. The topological polar surface area (TPSA) is 94.2 Å². The Balaban J connectivity index is 1.99. The molecule has 3 aromatic heterocycles. The van der Waals surface area contributed by atoms with E-state index in [2.05, 4.69) is 19.9 Å². The summed E-state index contributed by atoms with van der Waals surface area (Å²) < 4.78 is 30.7. The highest BCUT2D eigenvalue weighted by Gasteiger charge is 2.28. The van der Waals surface area contributed by atoms with Crippen molar-refractivity contribution in [2.45, 2.75) is 18.0 Å². The standard InChI is InChI=1S/C10H11ClN6O2S2/c1-6(8-14-12-5-16(8)2)15-21(18,19)9-7(11)13-10-17(9)3-4-20-10/h3-6,15H,1-2H3. The molecule has 0 saturated carbocycles. The van der Waals surface area contributed by atoms with E-state index in [0.717, 1.165) is 0 Å². The number of hydrogen-bond donors (Lipinski definition) is 1. The third-order valence-corrected chi connectivity index (χ3v) is 5.59. The average molecular weight is 347 g/mol. The third kappa shape index (κ3) is 2.44. The van der Waals surface area contributed by atoms with Crippen molar-refractivity contribution in [1.82, 2.24) is 28.9 Å². The lowest BCUT2D eigenvalue weighted by Crippen LogP contribution is -2.29. The summed E-state index contributed by atoms with van der Waals surface area (Å²) in [5, 5.41) is 9.23. The van der Waals surface area contributed by atoms with E-state index in [1.54, 1.807) is 30.1 Å². The van der Waals surface area contributed by atoms with Crippen LogP contribution in [0.4, 0.5) is 0 Å². The van der Waals surface area contributed by atoms with Gasteiger partial charge in [-0.25, -0.2) is 13.4 Å². The van der Waals surface area contributed by atoms with Crippen LogP contribution in [0.1, 0.15) is 18.8 Å². The summed E-state index contributed by atoms with van der Waals surface area (Å²) in [5.41, 5.74) is 0. The zero-order valence-electron chi connectivity index (χ0n) is 11.1. The Morgan fingerprint density at radius 2 is 2.24 bits per heavy atom. The largest absolute Gasteiger partial charge is 0.319 e. The highest BCUT2D eigenvalue weighted by molar-refractivity contribution is 7.89. The van der Waals surface area contributed by atoms with E-state index in [-0.39, 0.29) is 10.2 Å². The summed E-state index contributed by atoms with van der Waals surface area (Å²) in [4.78, 5) is 4.54. The Morgan fingerprint density at radius 3 is 2.90 bits per heavy atom. The Kier molecular flexibility index (Phi) is 3.48. The fourth-order valence-corrected chi connectivity index (χ4v) is 4.66. The minimum absolute atomic E-state index is 0.0560. The highest BCUT2D eigenvalue weighted by atomic mass is 35.5. The van der Waals surface area contributed by atoms with Gasteiger partial charge in [0.1, 0.15) is 12.2 Å². The van der Waals surface area contributed by atoms with Gasteiger partial charge in [-0.15, -0.1) is 21.5 Å². The van der Waals surface area contributed by atoms with Crippen molar-refractivity contribution in [1.29, 1.82) is 0 Å². The van der Waals surface area contributed by atoms with Gasteiger partial charge in [-0.3, -0.25) is 4.40 Å². The van der Waals surface area contributed by atoms with E-state index >= 15 is 0 Å². The Bertz CT molecular complexity index is 896. The molecule has 1 unspecified atom stereocenters. The quantitative estimate of drug-likeness (QED) is 0.766. The van der Waals surface area contributed by atoms with Crippen molar-refractivity contribution in [3.8, 4) is 0 Å². The van der Waals surface area contributed by atoms with Gasteiger partial charge in [0.15, 0.2) is 15.1 Å². The van der Waals surface area contributed by atoms with Crippen molar-refractivity contribution in [3.63, 3.8) is 0 Å². The molecule has 0 amide bonds. The maximum atomic E-state index is 12.5. The van der Waals surface area contributed by atoms with Gasteiger partial charge in [-0.1, -0.05) is 11.6 Å². The second-order valence-corrected chi connectivity index (χ2v) is 7.27. The number of sulfonamides is 1. The molecule has 8 nitrogen and oxygen atoms in total. The SMILES string of the molecule is CC(NS(=O)(=O)c1c(Cl)nc2sccn12)c1nncn1C. The molecule has 11 heteroatoms. The second-order valence-electron chi connectivity index (χ2n) is 4.41. The molecule has 3 heterocycles. The summed E-state index contributed by atoms with van der Waals surface area (Å²) in [6.45, 7) is 1.68. The molecule has 0 bridgehead atoms. The maximum absolute atomic E-state index is 12.5. The van der Waals surface area contributed by atoms with Crippen LogP contribution >= 0.6 is 22.9 Å². The summed E-state index contributed by atoms with van der Waals surface area (Å²) in [5.74, 6) is 0.501. The summed E-state index contributed by atoms with van der Waals surface area (Å²) in [6, 6.07) is -0.553.